The number of nitrogens with two attached hydrogens (primary N) is 1. The Morgan fingerprint density at radius 3 is 2.30 bits per heavy atom. The van der Waals surface area contributed by atoms with E-state index in [2.05, 4.69) is 16.9 Å². The molecule has 0 radical (unpaired) electrons. The molecule has 7 nitrogen and oxygen atoms in total. The number of nitrogens with zero attached hydrogens (tertiary/aromatic N) is 3. The third kappa shape index (κ3) is 5.72. The van der Waals surface area contributed by atoms with Gasteiger partial charge in [-0.2, -0.15) is 0 Å². The topological polar surface area (TPSA) is 82.7 Å². The molecule has 3 aromatic carbocycles. The van der Waals surface area contributed by atoms with Gasteiger partial charge in [-0.1, -0.05) is 0 Å². The molecule has 0 unspecified atom stereocenters. The molecule has 192 valence electrons. The van der Waals surface area contributed by atoms with Crippen molar-refractivity contribution < 1.29 is 23.0 Å². The van der Waals surface area contributed by atoms with Gasteiger partial charge in [0.15, 0.2) is 17.3 Å². The lowest BCUT2D eigenvalue weighted by Gasteiger charge is -2.28. The second kappa shape index (κ2) is 10.6. The molecule has 1 aliphatic rings. The fraction of sp³-hybridized carbons (Fsp3) is 0.286. The lowest BCUT2D eigenvalue weighted by atomic mass is 9.98. The van der Waals surface area contributed by atoms with Gasteiger partial charge in [0.1, 0.15) is 29.0 Å². The SMILES string of the molecule is COc1cc2c(N)nc(-c3ccc(Oc4cc(F)cc(F)c4)cc3)nc2cc1OCC1CCN(C)CC1. The highest BCUT2D eigenvalue weighted by Crippen LogP contribution is 2.35. The molecule has 0 saturated carbocycles. The summed E-state index contributed by atoms with van der Waals surface area (Å²) in [5.41, 5.74) is 7.63. The lowest BCUT2D eigenvalue weighted by molar-refractivity contribution is 0.157. The maximum atomic E-state index is 13.4. The first-order valence-electron chi connectivity index (χ1n) is 12.1. The second-order valence-corrected chi connectivity index (χ2v) is 9.24. The number of ether oxygens (including phenoxy) is 3. The van der Waals surface area contributed by atoms with E-state index in [1.165, 1.54) is 0 Å². The highest BCUT2D eigenvalue weighted by atomic mass is 19.1. The molecule has 1 aromatic heterocycles. The minimum absolute atomic E-state index is 0.0678. The van der Waals surface area contributed by atoms with Crippen LogP contribution in [0.15, 0.2) is 54.6 Å². The van der Waals surface area contributed by atoms with Crippen molar-refractivity contribution in [1.82, 2.24) is 14.9 Å². The number of likely N-dealkylation sites (tertiary alicyclic amines) is 1. The minimum atomic E-state index is -0.710. The number of piperidine rings is 1. The van der Waals surface area contributed by atoms with Crippen molar-refractivity contribution in [3.8, 4) is 34.4 Å². The first kappa shape index (κ1) is 24.7. The molecule has 0 atom stereocenters. The predicted octanol–water partition coefficient (Wildman–Crippen LogP) is 5.68. The summed E-state index contributed by atoms with van der Waals surface area (Å²) in [6.45, 7) is 2.75. The van der Waals surface area contributed by atoms with Gasteiger partial charge in [0, 0.05) is 35.2 Å². The molecule has 5 rings (SSSR count). The molecule has 4 aromatic rings. The number of benzene rings is 3. The molecule has 2 N–H and O–H groups in total. The van der Waals surface area contributed by atoms with Gasteiger partial charge in [-0.15, -0.1) is 0 Å². The fourth-order valence-electron chi connectivity index (χ4n) is 4.39. The van der Waals surface area contributed by atoms with Gasteiger partial charge in [0.2, 0.25) is 0 Å². The highest BCUT2D eigenvalue weighted by molar-refractivity contribution is 5.92. The van der Waals surface area contributed by atoms with Gasteiger partial charge < -0.3 is 24.8 Å². The molecule has 37 heavy (non-hydrogen) atoms. The van der Waals surface area contributed by atoms with E-state index < -0.39 is 11.6 Å². The van der Waals surface area contributed by atoms with Crippen LogP contribution in [-0.2, 0) is 0 Å². The highest BCUT2D eigenvalue weighted by Gasteiger charge is 2.19. The first-order chi connectivity index (χ1) is 17.9. The van der Waals surface area contributed by atoms with Gasteiger partial charge in [-0.3, -0.25) is 0 Å². The van der Waals surface area contributed by atoms with Crippen molar-refractivity contribution in [2.24, 2.45) is 5.92 Å². The zero-order valence-corrected chi connectivity index (χ0v) is 20.7. The summed E-state index contributed by atoms with van der Waals surface area (Å²) in [4.78, 5) is 11.5. The first-order valence-corrected chi connectivity index (χ1v) is 12.1. The third-order valence-electron chi connectivity index (χ3n) is 6.51. The molecule has 0 spiro atoms. The number of rotatable bonds is 7. The Morgan fingerprint density at radius 1 is 0.919 bits per heavy atom. The smallest absolute Gasteiger partial charge is 0.163 e. The summed E-state index contributed by atoms with van der Waals surface area (Å²) < 4.78 is 44.2. The van der Waals surface area contributed by atoms with E-state index in [4.69, 9.17) is 24.9 Å². The third-order valence-corrected chi connectivity index (χ3v) is 6.51. The Labute approximate surface area is 213 Å². The molecular weight excluding hydrogens is 478 g/mol. The number of anilines is 1. The monoisotopic (exact) mass is 506 g/mol. The number of fused-ring (bicyclic) bond motifs is 1. The standard InChI is InChI=1S/C28H28F2N4O3/c1-34-9-7-17(8-10-34)16-36-26-15-24-23(14-25(26)35-2)27(31)33-28(32-24)18-3-5-21(6-4-18)37-22-12-19(29)11-20(30)13-22/h3-6,11-15,17H,7-10,16H2,1-2H3,(H2,31,32,33). The largest absolute Gasteiger partial charge is 0.493 e. The predicted molar refractivity (Wildman–Crippen MR) is 138 cm³/mol. The molecule has 2 heterocycles. The van der Waals surface area contributed by atoms with Crippen LogP contribution >= 0.6 is 0 Å². The van der Waals surface area contributed by atoms with E-state index in [-0.39, 0.29) is 5.75 Å². The van der Waals surface area contributed by atoms with E-state index in [1.54, 1.807) is 37.4 Å². The van der Waals surface area contributed by atoms with Crippen LogP contribution in [0.4, 0.5) is 14.6 Å². The number of methoxy groups -OCH3 is 1. The summed E-state index contributed by atoms with van der Waals surface area (Å²) in [5.74, 6) is 1.50. The average Bonchev–Trinajstić information content (AvgIpc) is 2.87. The van der Waals surface area contributed by atoms with Crippen LogP contribution in [0.5, 0.6) is 23.0 Å². The second-order valence-electron chi connectivity index (χ2n) is 9.24. The molecule has 0 amide bonds. The van der Waals surface area contributed by atoms with Gasteiger partial charge in [0.05, 0.1) is 19.2 Å². The van der Waals surface area contributed by atoms with Crippen LogP contribution in [0.3, 0.4) is 0 Å². The van der Waals surface area contributed by atoms with Crippen molar-refractivity contribution in [3.63, 3.8) is 0 Å². The molecular formula is C28H28F2N4O3. The van der Waals surface area contributed by atoms with Crippen molar-refractivity contribution in [2.75, 3.05) is 39.6 Å². The number of hydrogen-bond donors (Lipinski definition) is 1. The lowest BCUT2D eigenvalue weighted by Crippen LogP contribution is -2.32. The fourth-order valence-corrected chi connectivity index (χ4v) is 4.39. The molecule has 9 heteroatoms. The van der Waals surface area contributed by atoms with Crippen LogP contribution in [0.2, 0.25) is 0 Å². The van der Waals surface area contributed by atoms with Gasteiger partial charge in [-0.25, -0.2) is 18.7 Å². The van der Waals surface area contributed by atoms with Crippen LogP contribution in [0, 0.1) is 17.6 Å². The minimum Gasteiger partial charge on any atom is -0.493 e. The Hall–Kier alpha value is -3.98. The number of nitrogen functional groups attached to an aromatic ring is 1. The van der Waals surface area contributed by atoms with E-state index in [0.717, 1.165) is 44.1 Å². The Bertz CT molecular complexity index is 1390. The molecule has 1 saturated heterocycles. The zero-order valence-electron chi connectivity index (χ0n) is 20.7. The van der Waals surface area contributed by atoms with Gasteiger partial charge in [-0.05, 0) is 69.2 Å². The van der Waals surface area contributed by atoms with Crippen molar-refractivity contribution in [1.29, 1.82) is 0 Å². The van der Waals surface area contributed by atoms with Gasteiger partial charge in [0.25, 0.3) is 0 Å². The van der Waals surface area contributed by atoms with Gasteiger partial charge >= 0.3 is 0 Å². The van der Waals surface area contributed by atoms with Crippen molar-refractivity contribution in [2.45, 2.75) is 12.8 Å². The number of halogens is 2. The quantitative estimate of drug-likeness (QED) is 0.345. The summed E-state index contributed by atoms with van der Waals surface area (Å²) in [5, 5.41) is 0.667. The molecule has 0 aliphatic carbocycles. The summed E-state index contributed by atoms with van der Waals surface area (Å²) in [7, 11) is 3.73. The van der Waals surface area contributed by atoms with E-state index in [0.29, 0.717) is 57.9 Å². The normalized spacial score (nSPS) is 14.6. The molecule has 0 bridgehead atoms. The van der Waals surface area contributed by atoms with Crippen LogP contribution < -0.4 is 19.9 Å². The summed E-state index contributed by atoms with van der Waals surface area (Å²) in [6.07, 6.45) is 2.19. The number of hydrogen-bond acceptors (Lipinski definition) is 7. The Morgan fingerprint density at radius 2 is 1.62 bits per heavy atom. The molecule has 1 aliphatic heterocycles. The van der Waals surface area contributed by atoms with Crippen LogP contribution in [0.25, 0.3) is 22.3 Å². The average molecular weight is 507 g/mol. The maximum Gasteiger partial charge on any atom is 0.163 e. The zero-order chi connectivity index (χ0) is 25.9. The maximum absolute atomic E-state index is 13.4. The van der Waals surface area contributed by atoms with E-state index >= 15 is 0 Å². The Balaban J connectivity index is 1.38. The Kier molecular flexibility index (Phi) is 7.05. The van der Waals surface area contributed by atoms with Crippen molar-refractivity contribution >= 4 is 16.7 Å². The van der Waals surface area contributed by atoms with Crippen molar-refractivity contribution in [3.05, 3.63) is 66.2 Å². The summed E-state index contributed by atoms with van der Waals surface area (Å²) >= 11 is 0. The summed E-state index contributed by atoms with van der Waals surface area (Å²) in [6, 6.07) is 13.5. The van der Waals surface area contributed by atoms with Crippen LogP contribution in [0.1, 0.15) is 12.8 Å². The van der Waals surface area contributed by atoms with E-state index in [9.17, 15) is 8.78 Å². The van der Waals surface area contributed by atoms with E-state index in [1.807, 2.05) is 6.07 Å². The molecule has 1 fully saturated rings. The number of aromatic nitrogens is 2. The van der Waals surface area contributed by atoms with Crippen LogP contribution in [-0.4, -0.2) is 48.7 Å².